The first-order chi connectivity index (χ1) is 8.58. The lowest BCUT2D eigenvalue weighted by atomic mass is 10.1. The second-order valence-electron chi connectivity index (χ2n) is 3.34. The minimum atomic E-state index is -5.31. The van der Waals surface area contributed by atoms with Crippen LogP contribution in [0, 0.1) is 0 Å². The van der Waals surface area contributed by atoms with Crippen molar-refractivity contribution < 1.29 is 36.2 Å². The molecule has 0 amide bonds. The molecule has 0 radical (unpaired) electrons. The Hall–Kier alpha value is -1.55. The zero-order chi connectivity index (χ0) is 14.8. The summed E-state index contributed by atoms with van der Waals surface area (Å²) in [5.74, 6) is -1.50. The Bertz CT molecular complexity index is 457. The molecule has 4 nitrogen and oxygen atoms in total. The summed E-state index contributed by atoms with van der Waals surface area (Å²) in [6.45, 7) is -1.58. The van der Waals surface area contributed by atoms with Crippen LogP contribution in [-0.4, -0.2) is 16.5 Å². The second-order valence-corrected chi connectivity index (χ2v) is 3.34. The maximum Gasteiger partial charge on any atom is 0.573 e. The molecule has 0 aliphatic heterocycles. The first-order valence-electron chi connectivity index (χ1n) is 4.75. The number of nitrogens with zero attached hydrogens (tertiary/aromatic N) is 1. The van der Waals surface area contributed by atoms with Crippen molar-refractivity contribution in [2.75, 3.05) is 0 Å². The monoisotopic (exact) mass is 290 g/mol. The number of pyridine rings is 1. The summed E-state index contributed by atoms with van der Waals surface area (Å²) < 4.78 is 77.6. The Labute approximate surface area is 102 Å². The summed E-state index contributed by atoms with van der Waals surface area (Å²) in [6.07, 6.45) is -10.4. The summed E-state index contributed by atoms with van der Waals surface area (Å²) in [5.41, 5.74) is 2.16. The van der Waals surface area contributed by atoms with Gasteiger partial charge >= 0.3 is 12.5 Å². The summed E-state index contributed by atoms with van der Waals surface area (Å²) in [6, 6.07) is 0.278. The van der Waals surface area contributed by atoms with Gasteiger partial charge in [-0.05, 0) is 6.07 Å². The Kier molecular flexibility index (Phi) is 4.25. The third-order valence-corrected chi connectivity index (χ3v) is 1.97. The van der Waals surface area contributed by atoms with E-state index >= 15 is 0 Å². The molecule has 0 unspecified atom stereocenters. The first-order valence-corrected chi connectivity index (χ1v) is 4.75. The van der Waals surface area contributed by atoms with Crippen LogP contribution in [0.3, 0.4) is 0 Å². The third-order valence-electron chi connectivity index (χ3n) is 1.97. The standard InChI is InChI=1S/C9H8F6N2O2/c10-8(11,12)5-1-4(3-18)17-6(2-16)7(5)19-9(13,14)15/h1,18H,2-3,16H2. The van der Waals surface area contributed by atoms with E-state index in [9.17, 15) is 26.3 Å². The fourth-order valence-corrected chi connectivity index (χ4v) is 1.30. The molecule has 0 fully saturated rings. The van der Waals surface area contributed by atoms with E-state index in [1.807, 2.05) is 0 Å². The Morgan fingerprint density at radius 1 is 1.21 bits per heavy atom. The molecule has 0 aromatic carbocycles. The Morgan fingerprint density at radius 3 is 2.16 bits per heavy atom. The lowest BCUT2D eigenvalue weighted by molar-refractivity contribution is -0.276. The average Bonchev–Trinajstić information content (AvgIpc) is 2.25. The number of rotatable bonds is 3. The molecule has 0 saturated heterocycles. The quantitative estimate of drug-likeness (QED) is 0.835. The molecule has 108 valence electrons. The molecule has 1 rings (SSSR count). The van der Waals surface area contributed by atoms with E-state index in [4.69, 9.17) is 10.8 Å². The molecule has 0 saturated carbocycles. The molecular formula is C9H8F6N2O2. The number of aliphatic hydroxyl groups is 1. The van der Waals surface area contributed by atoms with Gasteiger partial charge in [-0.15, -0.1) is 13.2 Å². The zero-order valence-electron chi connectivity index (χ0n) is 9.14. The Balaban J connectivity index is 3.47. The molecule has 0 atom stereocenters. The van der Waals surface area contributed by atoms with Crippen LogP contribution in [0.1, 0.15) is 17.0 Å². The molecule has 0 aliphatic rings. The fraction of sp³-hybridized carbons (Fsp3) is 0.444. The van der Waals surface area contributed by atoms with E-state index in [-0.39, 0.29) is 6.07 Å². The van der Waals surface area contributed by atoms with Crippen molar-refractivity contribution in [3.8, 4) is 5.75 Å². The molecular weight excluding hydrogens is 282 g/mol. The van der Waals surface area contributed by atoms with Crippen LogP contribution in [0.5, 0.6) is 5.75 Å². The number of alkyl halides is 6. The van der Waals surface area contributed by atoms with Crippen molar-refractivity contribution in [3.05, 3.63) is 23.0 Å². The van der Waals surface area contributed by atoms with Crippen LogP contribution < -0.4 is 10.5 Å². The molecule has 1 aromatic heterocycles. The number of aliphatic hydroxyl groups excluding tert-OH is 1. The number of nitrogens with two attached hydrogens (primary N) is 1. The highest BCUT2D eigenvalue weighted by molar-refractivity contribution is 5.41. The number of hydrogen-bond donors (Lipinski definition) is 2. The minimum absolute atomic E-state index is 0.278. The molecule has 0 bridgehead atoms. The van der Waals surface area contributed by atoms with E-state index in [0.29, 0.717) is 0 Å². The molecule has 0 spiro atoms. The van der Waals surface area contributed by atoms with E-state index in [1.54, 1.807) is 0 Å². The maximum atomic E-state index is 12.7. The van der Waals surface area contributed by atoms with Crippen molar-refractivity contribution in [2.24, 2.45) is 5.73 Å². The third kappa shape index (κ3) is 3.96. The predicted molar refractivity (Wildman–Crippen MR) is 49.7 cm³/mol. The van der Waals surface area contributed by atoms with Crippen molar-refractivity contribution >= 4 is 0 Å². The smallest absolute Gasteiger partial charge is 0.403 e. The van der Waals surface area contributed by atoms with Gasteiger partial charge in [0.05, 0.1) is 18.0 Å². The van der Waals surface area contributed by atoms with Crippen molar-refractivity contribution in [3.63, 3.8) is 0 Å². The average molecular weight is 290 g/mol. The lowest BCUT2D eigenvalue weighted by Gasteiger charge is -2.18. The van der Waals surface area contributed by atoms with Crippen molar-refractivity contribution in [2.45, 2.75) is 25.7 Å². The van der Waals surface area contributed by atoms with E-state index < -0.39 is 48.4 Å². The van der Waals surface area contributed by atoms with E-state index in [2.05, 4.69) is 9.72 Å². The molecule has 1 aromatic rings. The van der Waals surface area contributed by atoms with Gasteiger partial charge in [-0.2, -0.15) is 13.2 Å². The van der Waals surface area contributed by atoms with Crippen LogP contribution >= 0.6 is 0 Å². The van der Waals surface area contributed by atoms with Gasteiger partial charge in [0.25, 0.3) is 0 Å². The molecule has 0 aliphatic carbocycles. The summed E-state index contributed by atoms with van der Waals surface area (Å²) in [7, 11) is 0. The molecule has 10 heteroatoms. The van der Waals surface area contributed by atoms with Crippen LogP contribution in [0.15, 0.2) is 6.07 Å². The van der Waals surface area contributed by atoms with Crippen LogP contribution in [0.25, 0.3) is 0 Å². The van der Waals surface area contributed by atoms with Crippen LogP contribution in [-0.2, 0) is 19.3 Å². The fourth-order valence-electron chi connectivity index (χ4n) is 1.30. The molecule has 3 N–H and O–H groups in total. The second kappa shape index (κ2) is 5.21. The predicted octanol–water partition coefficient (Wildman–Crippen LogP) is 1.95. The van der Waals surface area contributed by atoms with Gasteiger partial charge < -0.3 is 15.6 Å². The molecule has 19 heavy (non-hydrogen) atoms. The van der Waals surface area contributed by atoms with E-state index in [1.165, 1.54) is 0 Å². The van der Waals surface area contributed by atoms with Crippen LogP contribution in [0.4, 0.5) is 26.3 Å². The van der Waals surface area contributed by atoms with Crippen molar-refractivity contribution in [1.82, 2.24) is 4.98 Å². The SMILES string of the molecule is NCc1nc(CO)cc(C(F)(F)F)c1OC(F)(F)F. The summed E-state index contributed by atoms with van der Waals surface area (Å²) in [4.78, 5) is 3.37. The first kappa shape index (κ1) is 15.5. The number of halogens is 6. The van der Waals surface area contributed by atoms with Crippen molar-refractivity contribution in [1.29, 1.82) is 0 Å². The van der Waals surface area contributed by atoms with Gasteiger partial charge in [-0.25, -0.2) is 0 Å². The molecule has 1 heterocycles. The lowest BCUT2D eigenvalue weighted by Crippen LogP contribution is -2.23. The van der Waals surface area contributed by atoms with Gasteiger partial charge in [0.1, 0.15) is 5.56 Å². The maximum absolute atomic E-state index is 12.7. The highest BCUT2D eigenvalue weighted by Crippen LogP contribution is 2.40. The highest BCUT2D eigenvalue weighted by atomic mass is 19.4. The topological polar surface area (TPSA) is 68.4 Å². The van der Waals surface area contributed by atoms with Gasteiger partial charge in [0.2, 0.25) is 0 Å². The summed E-state index contributed by atoms with van der Waals surface area (Å²) in [5, 5.41) is 8.74. The number of ether oxygens (including phenoxy) is 1. The van der Waals surface area contributed by atoms with Gasteiger partial charge in [-0.1, -0.05) is 0 Å². The van der Waals surface area contributed by atoms with Gasteiger partial charge in [-0.3, -0.25) is 4.98 Å². The number of aromatic nitrogens is 1. The largest absolute Gasteiger partial charge is 0.573 e. The van der Waals surface area contributed by atoms with Crippen LogP contribution in [0.2, 0.25) is 0 Å². The van der Waals surface area contributed by atoms with Gasteiger partial charge in [0.15, 0.2) is 5.75 Å². The highest BCUT2D eigenvalue weighted by Gasteiger charge is 2.41. The summed E-state index contributed by atoms with van der Waals surface area (Å²) >= 11 is 0. The zero-order valence-corrected chi connectivity index (χ0v) is 9.14. The van der Waals surface area contributed by atoms with Gasteiger partial charge in [0, 0.05) is 6.54 Å². The normalized spacial score (nSPS) is 12.6. The minimum Gasteiger partial charge on any atom is -0.403 e. The Morgan fingerprint density at radius 2 is 1.79 bits per heavy atom. The van der Waals surface area contributed by atoms with E-state index in [0.717, 1.165) is 0 Å². The number of hydrogen-bond acceptors (Lipinski definition) is 4.